The van der Waals surface area contributed by atoms with E-state index < -0.39 is 11.6 Å². The summed E-state index contributed by atoms with van der Waals surface area (Å²) in [5.41, 5.74) is 0.0508. The van der Waals surface area contributed by atoms with Crippen LogP contribution >= 0.6 is 11.3 Å². The molecule has 0 radical (unpaired) electrons. The van der Waals surface area contributed by atoms with E-state index in [1.54, 1.807) is 4.90 Å². The number of carbonyl (C=O) groups is 2. The number of aromatic nitrogens is 1. The summed E-state index contributed by atoms with van der Waals surface area (Å²) in [5.74, 6) is -1.66. The number of thiazole rings is 1. The number of hydrogen-bond donors (Lipinski definition) is 1. The van der Waals surface area contributed by atoms with Crippen molar-refractivity contribution in [1.82, 2.24) is 9.88 Å². The Labute approximate surface area is 147 Å². The van der Waals surface area contributed by atoms with Crippen molar-refractivity contribution in [2.24, 2.45) is 11.8 Å². The molecule has 1 saturated heterocycles. The molecule has 2 aromatic rings. The second kappa shape index (κ2) is 6.33. The molecule has 5 nitrogen and oxygen atoms in total. The number of rotatable bonds is 3. The third-order valence-corrected chi connectivity index (χ3v) is 5.89. The highest BCUT2D eigenvalue weighted by molar-refractivity contribution is 7.22. The maximum Gasteiger partial charge on any atom is 0.231 e. The molecule has 0 bridgehead atoms. The van der Waals surface area contributed by atoms with Gasteiger partial charge >= 0.3 is 0 Å². The molecule has 1 aromatic heterocycles. The number of benzene rings is 1. The van der Waals surface area contributed by atoms with E-state index in [9.17, 15) is 18.4 Å². The van der Waals surface area contributed by atoms with Crippen LogP contribution in [-0.2, 0) is 9.59 Å². The minimum absolute atomic E-state index is 0.0508. The van der Waals surface area contributed by atoms with E-state index in [1.165, 1.54) is 6.07 Å². The van der Waals surface area contributed by atoms with E-state index in [4.69, 9.17) is 0 Å². The zero-order valence-electron chi connectivity index (χ0n) is 13.4. The predicted octanol–water partition coefficient (Wildman–Crippen LogP) is 3.16. The lowest BCUT2D eigenvalue weighted by molar-refractivity contribution is -0.137. The SMILES string of the molecule is O=C(Nc1nc2c(F)cc(F)cc2s1)C1CCN(C(=O)C2CCC2)C1. The molecule has 1 aliphatic carbocycles. The monoisotopic (exact) mass is 365 g/mol. The number of fused-ring (bicyclic) bond motifs is 1. The predicted molar refractivity (Wildman–Crippen MR) is 90.2 cm³/mol. The van der Waals surface area contributed by atoms with E-state index in [-0.39, 0.29) is 34.3 Å². The van der Waals surface area contributed by atoms with Crippen molar-refractivity contribution in [3.8, 4) is 0 Å². The number of nitrogens with zero attached hydrogens (tertiary/aromatic N) is 2. The van der Waals surface area contributed by atoms with Crippen LogP contribution in [0.2, 0.25) is 0 Å². The molecule has 0 spiro atoms. The highest BCUT2D eigenvalue weighted by Crippen LogP contribution is 2.32. The first-order valence-electron chi connectivity index (χ1n) is 8.36. The van der Waals surface area contributed by atoms with Crippen LogP contribution in [0.4, 0.5) is 13.9 Å². The van der Waals surface area contributed by atoms with Gasteiger partial charge in [0.2, 0.25) is 11.8 Å². The lowest BCUT2D eigenvalue weighted by atomic mass is 9.84. The summed E-state index contributed by atoms with van der Waals surface area (Å²) in [7, 11) is 0. The summed E-state index contributed by atoms with van der Waals surface area (Å²) in [6.07, 6.45) is 3.60. The number of amides is 2. The van der Waals surface area contributed by atoms with Gasteiger partial charge in [-0.15, -0.1) is 0 Å². The fourth-order valence-electron chi connectivity index (χ4n) is 3.31. The van der Waals surface area contributed by atoms with Crippen molar-refractivity contribution >= 4 is 38.5 Å². The standard InChI is InChI=1S/C17H17F2N3O2S/c18-11-6-12(19)14-13(7-11)25-17(20-14)21-15(23)10-4-5-22(8-10)16(24)9-2-1-3-9/h6-7,9-10H,1-5,8H2,(H,20,21,23). The Morgan fingerprint density at radius 3 is 2.72 bits per heavy atom. The van der Waals surface area contributed by atoms with E-state index in [1.807, 2.05) is 0 Å². The van der Waals surface area contributed by atoms with Gasteiger partial charge in [-0.1, -0.05) is 17.8 Å². The average molecular weight is 365 g/mol. The van der Waals surface area contributed by atoms with Crippen LogP contribution in [0, 0.1) is 23.5 Å². The van der Waals surface area contributed by atoms with Gasteiger partial charge in [0.15, 0.2) is 10.9 Å². The Kier molecular flexibility index (Phi) is 4.15. The first-order valence-corrected chi connectivity index (χ1v) is 9.18. The Morgan fingerprint density at radius 2 is 2.00 bits per heavy atom. The second-order valence-corrected chi connectivity index (χ2v) is 7.67. The summed E-state index contributed by atoms with van der Waals surface area (Å²) in [6.45, 7) is 1.00. The summed E-state index contributed by atoms with van der Waals surface area (Å²) in [6, 6.07) is 1.97. The molecule has 4 rings (SSSR count). The summed E-state index contributed by atoms with van der Waals surface area (Å²) in [4.78, 5) is 30.5. The van der Waals surface area contributed by atoms with Crippen LogP contribution < -0.4 is 5.32 Å². The lowest BCUT2D eigenvalue weighted by Crippen LogP contribution is -2.38. The maximum atomic E-state index is 13.7. The van der Waals surface area contributed by atoms with E-state index in [2.05, 4.69) is 10.3 Å². The topological polar surface area (TPSA) is 62.3 Å². The molecule has 2 heterocycles. The molecule has 25 heavy (non-hydrogen) atoms. The zero-order chi connectivity index (χ0) is 17.6. The zero-order valence-corrected chi connectivity index (χ0v) is 14.2. The van der Waals surface area contributed by atoms with Crippen LogP contribution in [0.25, 0.3) is 10.2 Å². The van der Waals surface area contributed by atoms with Gasteiger partial charge in [0.25, 0.3) is 0 Å². The van der Waals surface area contributed by atoms with Crippen molar-refractivity contribution < 1.29 is 18.4 Å². The third kappa shape index (κ3) is 3.10. The number of anilines is 1. The van der Waals surface area contributed by atoms with Gasteiger partial charge in [-0.2, -0.15) is 0 Å². The van der Waals surface area contributed by atoms with Gasteiger partial charge in [0, 0.05) is 25.1 Å². The van der Waals surface area contributed by atoms with Crippen molar-refractivity contribution in [3.05, 3.63) is 23.8 Å². The van der Waals surface area contributed by atoms with Gasteiger partial charge in [0.1, 0.15) is 11.3 Å². The van der Waals surface area contributed by atoms with Gasteiger partial charge in [0.05, 0.1) is 10.6 Å². The smallest absolute Gasteiger partial charge is 0.231 e. The van der Waals surface area contributed by atoms with E-state index in [0.717, 1.165) is 36.7 Å². The Balaban J connectivity index is 1.42. The van der Waals surface area contributed by atoms with Crippen molar-refractivity contribution in [2.45, 2.75) is 25.7 Å². The minimum Gasteiger partial charge on any atom is -0.342 e. The summed E-state index contributed by atoms with van der Waals surface area (Å²) < 4.78 is 27.3. The summed E-state index contributed by atoms with van der Waals surface area (Å²) >= 11 is 1.03. The van der Waals surface area contributed by atoms with Crippen molar-refractivity contribution in [3.63, 3.8) is 0 Å². The molecule has 1 N–H and O–H groups in total. The Hall–Kier alpha value is -2.09. The number of halogens is 2. The number of likely N-dealkylation sites (tertiary alicyclic amines) is 1. The maximum absolute atomic E-state index is 13.7. The molecule has 1 aliphatic heterocycles. The first-order chi connectivity index (χ1) is 12.0. The number of carbonyl (C=O) groups excluding carboxylic acids is 2. The lowest BCUT2D eigenvalue weighted by Gasteiger charge is -2.29. The van der Waals surface area contributed by atoms with Gasteiger partial charge in [-0.3, -0.25) is 9.59 Å². The highest BCUT2D eigenvalue weighted by atomic mass is 32.1. The largest absolute Gasteiger partial charge is 0.342 e. The quantitative estimate of drug-likeness (QED) is 0.909. The molecule has 2 amide bonds. The minimum atomic E-state index is -0.745. The molecular formula is C17H17F2N3O2S. The normalized spacial score (nSPS) is 20.7. The third-order valence-electron chi connectivity index (χ3n) is 4.97. The van der Waals surface area contributed by atoms with Crippen LogP contribution in [0.15, 0.2) is 12.1 Å². The van der Waals surface area contributed by atoms with Crippen LogP contribution in [0.5, 0.6) is 0 Å². The average Bonchev–Trinajstić information content (AvgIpc) is 3.11. The molecule has 2 fully saturated rings. The van der Waals surface area contributed by atoms with Crippen LogP contribution in [-0.4, -0.2) is 34.8 Å². The Morgan fingerprint density at radius 1 is 1.20 bits per heavy atom. The molecular weight excluding hydrogens is 348 g/mol. The van der Waals surface area contributed by atoms with Crippen molar-refractivity contribution in [2.75, 3.05) is 18.4 Å². The van der Waals surface area contributed by atoms with E-state index in [0.29, 0.717) is 24.2 Å². The second-order valence-electron chi connectivity index (χ2n) is 6.64. The molecule has 1 atom stereocenters. The number of nitrogens with one attached hydrogen (secondary N) is 1. The molecule has 1 unspecified atom stereocenters. The van der Waals surface area contributed by atoms with E-state index >= 15 is 0 Å². The molecule has 2 aliphatic rings. The van der Waals surface area contributed by atoms with Crippen LogP contribution in [0.1, 0.15) is 25.7 Å². The Bertz CT molecular complexity index is 850. The highest BCUT2D eigenvalue weighted by Gasteiger charge is 2.36. The molecule has 132 valence electrons. The molecule has 1 saturated carbocycles. The van der Waals surface area contributed by atoms with Gasteiger partial charge in [-0.05, 0) is 25.3 Å². The van der Waals surface area contributed by atoms with Crippen molar-refractivity contribution in [1.29, 1.82) is 0 Å². The number of hydrogen-bond acceptors (Lipinski definition) is 4. The first kappa shape index (κ1) is 16.4. The van der Waals surface area contributed by atoms with Crippen LogP contribution in [0.3, 0.4) is 0 Å². The molecule has 8 heteroatoms. The summed E-state index contributed by atoms with van der Waals surface area (Å²) in [5, 5.41) is 2.92. The van der Waals surface area contributed by atoms with Gasteiger partial charge < -0.3 is 10.2 Å². The fraction of sp³-hybridized carbons (Fsp3) is 0.471. The van der Waals surface area contributed by atoms with Gasteiger partial charge in [-0.25, -0.2) is 13.8 Å². The molecule has 1 aromatic carbocycles. The fourth-order valence-corrected chi connectivity index (χ4v) is 4.21.